The van der Waals surface area contributed by atoms with Gasteiger partial charge >= 0.3 is 0 Å². The van der Waals surface area contributed by atoms with Crippen molar-refractivity contribution in [3.05, 3.63) is 48.2 Å². The van der Waals surface area contributed by atoms with Gasteiger partial charge in [-0.15, -0.1) is 10.2 Å². The van der Waals surface area contributed by atoms with E-state index in [2.05, 4.69) is 27.5 Å². The lowest BCUT2D eigenvalue weighted by Gasteiger charge is -2.31. The van der Waals surface area contributed by atoms with E-state index in [1.54, 1.807) is 6.07 Å². The Morgan fingerprint density at radius 3 is 2.43 bits per heavy atom. The van der Waals surface area contributed by atoms with Crippen molar-refractivity contribution in [3.63, 3.8) is 0 Å². The topological polar surface area (TPSA) is 58.1 Å². The van der Waals surface area contributed by atoms with Crippen LogP contribution in [0.2, 0.25) is 0 Å². The van der Waals surface area contributed by atoms with Gasteiger partial charge in [-0.3, -0.25) is 4.79 Å². The number of nitrogens with one attached hydrogen (secondary N) is 1. The third-order valence-corrected chi connectivity index (χ3v) is 4.40. The van der Waals surface area contributed by atoms with Crippen LogP contribution in [0.1, 0.15) is 42.6 Å². The number of carbonyl (C=O) groups is 1. The van der Waals surface area contributed by atoms with Gasteiger partial charge in [0.15, 0.2) is 11.5 Å². The second kappa shape index (κ2) is 7.22. The SMILES string of the molecule is CN(c1ccc(C(=O)Nc2ccccc2)nn1)C1CCCCC1. The van der Waals surface area contributed by atoms with E-state index in [0.29, 0.717) is 11.7 Å². The molecule has 1 aromatic heterocycles. The van der Waals surface area contributed by atoms with Crippen molar-refractivity contribution in [2.75, 3.05) is 17.3 Å². The zero-order valence-electron chi connectivity index (χ0n) is 13.4. The molecule has 1 N–H and O–H groups in total. The van der Waals surface area contributed by atoms with Gasteiger partial charge in [0.25, 0.3) is 5.91 Å². The number of nitrogens with zero attached hydrogens (tertiary/aromatic N) is 3. The van der Waals surface area contributed by atoms with Gasteiger partial charge in [0.1, 0.15) is 0 Å². The summed E-state index contributed by atoms with van der Waals surface area (Å²) in [5.74, 6) is 0.587. The van der Waals surface area contributed by atoms with Crippen LogP contribution >= 0.6 is 0 Å². The Morgan fingerprint density at radius 1 is 1.04 bits per heavy atom. The van der Waals surface area contributed by atoms with E-state index in [-0.39, 0.29) is 5.91 Å². The van der Waals surface area contributed by atoms with Crippen molar-refractivity contribution >= 4 is 17.4 Å². The molecule has 120 valence electrons. The second-order valence-electron chi connectivity index (χ2n) is 6.00. The minimum Gasteiger partial charge on any atom is -0.355 e. The number of hydrogen-bond donors (Lipinski definition) is 1. The highest BCUT2D eigenvalue weighted by molar-refractivity contribution is 6.02. The quantitative estimate of drug-likeness (QED) is 0.939. The third-order valence-electron chi connectivity index (χ3n) is 4.40. The van der Waals surface area contributed by atoms with Crippen molar-refractivity contribution in [1.29, 1.82) is 0 Å². The molecule has 0 saturated heterocycles. The number of anilines is 2. The van der Waals surface area contributed by atoms with Crippen LogP contribution in [0.3, 0.4) is 0 Å². The molecular weight excluding hydrogens is 288 g/mol. The van der Waals surface area contributed by atoms with Gasteiger partial charge in [0.05, 0.1) is 0 Å². The summed E-state index contributed by atoms with van der Waals surface area (Å²) in [7, 11) is 2.06. The van der Waals surface area contributed by atoms with Crippen LogP contribution in [0.15, 0.2) is 42.5 Å². The number of amides is 1. The minimum atomic E-state index is -0.240. The predicted molar refractivity (Wildman–Crippen MR) is 91.7 cm³/mol. The van der Waals surface area contributed by atoms with Crippen LogP contribution < -0.4 is 10.2 Å². The molecule has 1 aliphatic rings. The van der Waals surface area contributed by atoms with Crippen molar-refractivity contribution in [1.82, 2.24) is 10.2 Å². The fourth-order valence-corrected chi connectivity index (χ4v) is 3.01. The maximum atomic E-state index is 12.2. The average molecular weight is 310 g/mol. The average Bonchev–Trinajstić information content (AvgIpc) is 2.63. The van der Waals surface area contributed by atoms with Gasteiger partial charge in [0, 0.05) is 18.8 Å². The van der Waals surface area contributed by atoms with Crippen LogP contribution in [-0.2, 0) is 0 Å². The Balaban J connectivity index is 1.65. The summed E-state index contributed by atoms with van der Waals surface area (Å²) in [5.41, 5.74) is 1.08. The van der Waals surface area contributed by atoms with E-state index >= 15 is 0 Å². The molecule has 1 amide bonds. The molecule has 1 aliphatic carbocycles. The first-order chi connectivity index (χ1) is 11.2. The smallest absolute Gasteiger partial charge is 0.276 e. The molecule has 0 atom stereocenters. The number of carbonyl (C=O) groups excluding carboxylic acids is 1. The first kappa shape index (κ1) is 15.5. The van der Waals surface area contributed by atoms with Gasteiger partial charge in [-0.1, -0.05) is 37.5 Å². The number of aromatic nitrogens is 2. The second-order valence-corrected chi connectivity index (χ2v) is 6.00. The summed E-state index contributed by atoms with van der Waals surface area (Å²) in [5, 5.41) is 11.1. The van der Waals surface area contributed by atoms with Crippen LogP contribution in [0.25, 0.3) is 0 Å². The Bertz CT molecular complexity index is 636. The summed E-state index contributed by atoms with van der Waals surface area (Å²) < 4.78 is 0. The lowest BCUT2D eigenvalue weighted by Crippen LogP contribution is -2.34. The van der Waals surface area contributed by atoms with Crippen molar-refractivity contribution in [3.8, 4) is 0 Å². The van der Waals surface area contributed by atoms with Gasteiger partial charge in [0.2, 0.25) is 0 Å². The number of rotatable bonds is 4. The maximum Gasteiger partial charge on any atom is 0.276 e. The molecule has 0 aliphatic heterocycles. The molecule has 0 unspecified atom stereocenters. The summed E-state index contributed by atoms with van der Waals surface area (Å²) in [6.07, 6.45) is 6.29. The highest BCUT2D eigenvalue weighted by Gasteiger charge is 2.19. The summed E-state index contributed by atoms with van der Waals surface area (Å²) in [4.78, 5) is 14.4. The molecule has 1 heterocycles. The standard InChI is InChI=1S/C18H22N4O/c1-22(15-10-6-3-7-11-15)17-13-12-16(20-21-17)18(23)19-14-8-4-2-5-9-14/h2,4-5,8-9,12-13,15H,3,6-7,10-11H2,1H3,(H,19,23). The zero-order valence-corrected chi connectivity index (χ0v) is 13.4. The highest BCUT2D eigenvalue weighted by Crippen LogP contribution is 2.24. The first-order valence-corrected chi connectivity index (χ1v) is 8.17. The van der Waals surface area contributed by atoms with E-state index in [1.165, 1.54) is 32.1 Å². The van der Waals surface area contributed by atoms with Crippen LogP contribution in [0.4, 0.5) is 11.5 Å². The lowest BCUT2D eigenvalue weighted by atomic mass is 9.94. The number of para-hydroxylation sites is 1. The minimum absolute atomic E-state index is 0.240. The molecule has 0 radical (unpaired) electrons. The molecule has 1 saturated carbocycles. The number of hydrogen-bond acceptors (Lipinski definition) is 4. The van der Waals surface area contributed by atoms with Crippen LogP contribution in [0.5, 0.6) is 0 Å². The molecule has 3 rings (SSSR count). The van der Waals surface area contributed by atoms with E-state index < -0.39 is 0 Å². The third kappa shape index (κ3) is 3.86. The molecule has 1 aromatic carbocycles. The summed E-state index contributed by atoms with van der Waals surface area (Å²) in [6.45, 7) is 0. The molecular formula is C18H22N4O. The number of benzene rings is 1. The molecule has 5 nitrogen and oxygen atoms in total. The fourth-order valence-electron chi connectivity index (χ4n) is 3.01. The molecule has 5 heteroatoms. The molecule has 23 heavy (non-hydrogen) atoms. The van der Waals surface area contributed by atoms with Gasteiger partial charge in [-0.05, 0) is 37.1 Å². The van der Waals surface area contributed by atoms with Gasteiger partial charge < -0.3 is 10.2 Å². The Labute approximate surface area is 136 Å². The summed E-state index contributed by atoms with van der Waals surface area (Å²) in [6, 6.07) is 13.5. The van der Waals surface area contributed by atoms with Crippen LogP contribution in [-0.4, -0.2) is 29.2 Å². The van der Waals surface area contributed by atoms with E-state index in [0.717, 1.165) is 11.5 Å². The summed E-state index contributed by atoms with van der Waals surface area (Å²) >= 11 is 0. The fraction of sp³-hybridized carbons (Fsp3) is 0.389. The van der Waals surface area contributed by atoms with Crippen molar-refractivity contribution in [2.45, 2.75) is 38.1 Å². The van der Waals surface area contributed by atoms with Gasteiger partial charge in [-0.25, -0.2) is 0 Å². The highest BCUT2D eigenvalue weighted by atomic mass is 16.1. The van der Waals surface area contributed by atoms with Crippen molar-refractivity contribution in [2.24, 2.45) is 0 Å². The Kier molecular flexibility index (Phi) is 4.86. The van der Waals surface area contributed by atoms with E-state index in [9.17, 15) is 4.79 Å². The molecule has 0 bridgehead atoms. The van der Waals surface area contributed by atoms with Crippen molar-refractivity contribution < 1.29 is 4.79 Å². The predicted octanol–water partition coefficient (Wildman–Crippen LogP) is 3.50. The molecule has 0 spiro atoms. The monoisotopic (exact) mass is 310 g/mol. The maximum absolute atomic E-state index is 12.2. The zero-order chi connectivity index (χ0) is 16.1. The Hall–Kier alpha value is -2.43. The van der Waals surface area contributed by atoms with E-state index in [1.807, 2.05) is 36.4 Å². The largest absolute Gasteiger partial charge is 0.355 e. The molecule has 2 aromatic rings. The van der Waals surface area contributed by atoms with Crippen LogP contribution in [0, 0.1) is 0 Å². The normalized spacial score (nSPS) is 15.2. The van der Waals surface area contributed by atoms with Gasteiger partial charge in [-0.2, -0.15) is 0 Å². The Morgan fingerprint density at radius 2 is 1.78 bits per heavy atom. The lowest BCUT2D eigenvalue weighted by molar-refractivity contribution is 0.102. The first-order valence-electron chi connectivity index (χ1n) is 8.17. The van der Waals surface area contributed by atoms with E-state index in [4.69, 9.17) is 0 Å². The molecule has 1 fully saturated rings.